The molecule has 3 heteroatoms. The number of aldehydes is 1. The number of hydrogen-bond acceptors (Lipinski definition) is 3. The molecule has 0 unspecified atom stereocenters. The van der Waals surface area contributed by atoms with E-state index < -0.39 is 0 Å². The third kappa shape index (κ3) is 2.19. The summed E-state index contributed by atoms with van der Waals surface area (Å²) in [6.07, 6.45) is 4.69. The molecule has 0 saturated carbocycles. The van der Waals surface area contributed by atoms with Gasteiger partial charge in [-0.2, -0.15) is 0 Å². The van der Waals surface area contributed by atoms with Crippen LogP contribution in [-0.2, 0) is 12.8 Å². The van der Waals surface area contributed by atoms with Crippen LogP contribution in [0, 0.1) is 0 Å². The molecule has 1 aromatic carbocycles. The van der Waals surface area contributed by atoms with Crippen molar-refractivity contribution in [2.24, 2.45) is 0 Å². The molecule has 0 saturated heterocycles. The van der Waals surface area contributed by atoms with Crippen LogP contribution in [0.5, 0.6) is 11.5 Å². The summed E-state index contributed by atoms with van der Waals surface area (Å²) < 4.78 is 12.3. The number of carbonyl (C=O) groups is 1. The monoisotopic (exact) mass is 274 g/mol. The first-order valence-electron chi connectivity index (χ1n) is 7.33. The van der Waals surface area contributed by atoms with Gasteiger partial charge in [-0.1, -0.05) is 0 Å². The second-order valence-corrected chi connectivity index (χ2v) is 7.10. The van der Waals surface area contributed by atoms with E-state index in [9.17, 15) is 4.79 Å². The van der Waals surface area contributed by atoms with Crippen molar-refractivity contribution < 1.29 is 14.3 Å². The fourth-order valence-corrected chi connectivity index (χ4v) is 3.05. The average molecular weight is 274 g/mol. The van der Waals surface area contributed by atoms with E-state index in [2.05, 4.69) is 27.7 Å². The second-order valence-electron chi connectivity index (χ2n) is 7.10. The van der Waals surface area contributed by atoms with Crippen molar-refractivity contribution in [3.63, 3.8) is 0 Å². The Balaban J connectivity index is 2.16. The zero-order valence-electron chi connectivity index (χ0n) is 12.7. The molecule has 108 valence electrons. The third-order valence-electron chi connectivity index (χ3n) is 4.29. The molecule has 0 N–H and O–H groups in total. The molecule has 2 aliphatic heterocycles. The van der Waals surface area contributed by atoms with Crippen molar-refractivity contribution in [2.45, 2.75) is 64.6 Å². The van der Waals surface area contributed by atoms with Crippen LogP contribution >= 0.6 is 0 Å². The van der Waals surface area contributed by atoms with E-state index in [0.717, 1.165) is 54.6 Å². The quantitative estimate of drug-likeness (QED) is 0.732. The molecule has 3 rings (SSSR count). The van der Waals surface area contributed by atoms with Crippen LogP contribution < -0.4 is 9.47 Å². The Labute approximate surface area is 120 Å². The predicted molar refractivity (Wildman–Crippen MR) is 77.9 cm³/mol. The zero-order valence-corrected chi connectivity index (χ0v) is 12.7. The van der Waals surface area contributed by atoms with E-state index in [4.69, 9.17) is 9.47 Å². The molecule has 0 radical (unpaired) electrons. The van der Waals surface area contributed by atoms with Gasteiger partial charge in [0.05, 0.1) is 5.56 Å². The van der Waals surface area contributed by atoms with Crippen LogP contribution in [0.15, 0.2) is 6.07 Å². The topological polar surface area (TPSA) is 35.5 Å². The van der Waals surface area contributed by atoms with Gasteiger partial charge in [0.25, 0.3) is 0 Å². The number of carbonyl (C=O) groups excluding carboxylic acids is 1. The third-order valence-corrected chi connectivity index (χ3v) is 4.29. The van der Waals surface area contributed by atoms with Gasteiger partial charge >= 0.3 is 0 Å². The average Bonchev–Trinajstić information content (AvgIpc) is 2.36. The Morgan fingerprint density at radius 2 is 1.60 bits per heavy atom. The minimum Gasteiger partial charge on any atom is -0.487 e. The minimum atomic E-state index is -0.219. The van der Waals surface area contributed by atoms with Gasteiger partial charge in [0, 0.05) is 5.56 Å². The summed E-state index contributed by atoms with van der Waals surface area (Å²) in [6.45, 7) is 8.36. The van der Waals surface area contributed by atoms with Crippen LogP contribution in [0.1, 0.15) is 62.0 Å². The van der Waals surface area contributed by atoms with Crippen molar-refractivity contribution in [3.8, 4) is 11.5 Å². The Kier molecular flexibility index (Phi) is 2.86. The molecule has 0 aliphatic carbocycles. The molecular weight excluding hydrogens is 252 g/mol. The van der Waals surface area contributed by atoms with Crippen LogP contribution in [0.2, 0.25) is 0 Å². The van der Waals surface area contributed by atoms with E-state index in [1.807, 2.05) is 6.07 Å². The van der Waals surface area contributed by atoms with Crippen molar-refractivity contribution in [1.29, 1.82) is 0 Å². The summed E-state index contributed by atoms with van der Waals surface area (Å²) in [4.78, 5) is 11.4. The lowest BCUT2D eigenvalue weighted by Crippen LogP contribution is -2.36. The number of hydrogen-bond donors (Lipinski definition) is 0. The molecule has 0 spiro atoms. The van der Waals surface area contributed by atoms with Gasteiger partial charge in [-0.25, -0.2) is 0 Å². The van der Waals surface area contributed by atoms with Crippen molar-refractivity contribution >= 4 is 6.29 Å². The maximum absolute atomic E-state index is 11.4. The summed E-state index contributed by atoms with van der Waals surface area (Å²) in [6, 6.07) is 1.94. The lowest BCUT2D eigenvalue weighted by Gasteiger charge is -2.39. The molecule has 3 nitrogen and oxygen atoms in total. The predicted octanol–water partition coefficient (Wildman–Crippen LogP) is 3.71. The molecule has 2 aliphatic rings. The first kappa shape index (κ1) is 13.5. The largest absolute Gasteiger partial charge is 0.487 e. The molecule has 20 heavy (non-hydrogen) atoms. The number of rotatable bonds is 1. The molecule has 0 bridgehead atoms. The van der Waals surface area contributed by atoms with E-state index in [0.29, 0.717) is 5.56 Å². The maximum atomic E-state index is 11.4. The van der Waals surface area contributed by atoms with Gasteiger partial charge in [0.15, 0.2) is 6.29 Å². The Morgan fingerprint density at radius 1 is 1.00 bits per heavy atom. The van der Waals surface area contributed by atoms with E-state index in [-0.39, 0.29) is 11.2 Å². The van der Waals surface area contributed by atoms with Crippen molar-refractivity contribution in [1.82, 2.24) is 0 Å². The minimum absolute atomic E-state index is 0.142. The van der Waals surface area contributed by atoms with Crippen molar-refractivity contribution in [3.05, 3.63) is 22.8 Å². The summed E-state index contributed by atoms with van der Waals surface area (Å²) in [7, 11) is 0. The van der Waals surface area contributed by atoms with Gasteiger partial charge in [0.1, 0.15) is 22.7 Å². The van der Waals surface area contributed by atoms with Gasteiger partial charge < -0.3 is 9.47 Å². The first-order chi connectivity index (χ1) is 9.31. The van der Waals surface area contributed by atoms with Crippen LogP contribution in [0.25, 0.3) is 0 Å². The Morgan fingerprint density at radius 3 is 2.25 bits per heavy atom. The molecule has 1 aromatic rings. The van der Waals surface area contributed by atoms with Gasteiger partial charge in [-0.3, -0.25) is 4.79 Å². The number of benzene rings is 1. The number of ether oxygens (including phenoxy) is 2. The molecule has 0 atom stereocenters. The second kappa shape index (κ2) is 4.24. The molecule has 0 aromatic heterocycles. The molecular formula is C17H22O3. The molecule has 0 fully saturated rings. The van der Waals surface area contributed by atoms with Crippen LogP contribution in [-0.4, -0.2) is 17.5 Å². The van der Waals surface area contributed by atoms with Crippen molar-refractivity contribution in [2.75, 3.05) is 0 Å². The summed E-state index contributed by atoms with van der Waals surface area (Å²) in [5.41, 5.74) is 2.53. The molecule has 2 heterocycles. The maximum Gasteiger partial charge on any atom is 0.153 e. The van der Waals surface area contributed by atoms with Crippen LogP contribution in [0.4, 0.5) is 0 Å². The fourth-order valence-electron chi connectivity index (χ4n) is 3.05. The fraction of sp³-hybridized carbons (Fsp3) is 0.588. The lowest BCUT2D eigenvalue weighted by molar-refractivity contribution is 0.0658. The van der Waals surface area contributed by atoms with Gasteiger partial charge in [-0.15, -0.1) is 0 Å². The Bertz CT molecular complexity index is 570. The zero-order chi connectivity index (χ0) is 14.5. The van der Waals surface area contributed by atoms with Crippen LogP contribution in [0.3, 0.4) is 0 Å². The standard InChI is InChI=1S/C17H22O3/c1-16(2)7-5-11-9-12(10-18)15-13(14(11)19-16)6-8-17(3,4)20-15/h9-10H,5-8H2,1-4H3. The Hall–Kier alpha value is -1.51. The highest BCUT2D eigenvalue weighted by molar-refractivity contribution is 5.82. The highest BCUT2D eigenvalue weighted by Crippen LogP contribution is 2.46. The van der Waals surface area contributed by atoms with Gasteiger partial charge in [0.2, 0.25) is 0 Å². The SMILES string of the molecule is CC1(C)CCc2c(c(C=O)cc3c2OC(C)(C)CC3)O1. The van der Waals surface area contributed by atoms with E-state index >= 15 is 0 Å². The summed E-state index contributed by atoms with van der Waals surface area (Å²) in [5.74, 6) is 1.69. The highest BCUT2D eigenvalue weighted by atomic mass is 16.5. The summed E-state index contributed by atoms with van der Waals surface area (Å²) >= 11 is 0. The van der Waals surface area contributed by atoms with E-state index in [1.54, 1.807) is 0 Å². The first-order valence-corrected chi connectivity index (χ1v) is 7.33. The number of aryl methyl sites for hydroxylation is 1. The number of fused-ring (bicyclic) bond motifs is 3. The lowest BCUT2D eigenvalue weighted by atomic mass is 9.86. The van der Waals surface area contributed by atoms with E-state index in [1.165, 1.54) is 0 Å². The van der Waals surface area contributed by atoms with Gasteiger partial charge in [-0.05, 0) is 65.0 Å². The normalized spacial score (nSPS) is 22.0. The molecule has 0 amide bonds. The smallest absolute Gasteiger partial charge is 0.153 e. The highest BCUT2D eigenvalue weighted by Gasteiger charge is 2.35. The summed E-state index contributed by atoms with van der Waals surface area (Å²) in [5, 5.41) is 0.